The Bertz CT molecular complexity index is 953. The number of thioether (sulfide) groups is 1. The maximum absolute atomic E-state index is 12.6. The topological polar surface area (TPSA) is 85.6 Å². The van der Waals surface area contributed by atoms with Crippen LogP contribution in [0, 0.1) is 6.92 Å². The van der Waals surface area contributed by atoms with Gasteiger partial charge in [0, 0.05) is 24.3 Å². The molecule has 0 fully saturated rings. The number of aromatic nitrogens is 5. The molecule has 108 valence electrons. The largest absolute Gasteiger partial charge is 0.333 e. The SMILES string of the molecule is CSc1c(C)[nH]c(=O)n(-c2cncc3cnn(C)c23)c1=O. The predicted molar refractivity (Wildman–Crippen MR) is 81.2 cm³/mol. The monoisotopic (exact) mass is 303 g/mol. The van der Waals surface area contributed by atoms with Gasteiger partial charge in [0.2, 0.25) is 0 Å². The number of rotatable bonds is 2. The Hall–Kier alpha value is -2.35. The Morgan fingerprint density at radius 1 is 1.24 bits per heavy atom. The molecule has 3 aromatic heterocycles. The Labute approximate surface area is 123 Å². The molecule has 0 aliphatic carbocycles. The smallest absolute Gasteiger partial charge is 0.310 e. The number of pyridine rings is 1. The summed E-state index contributed by atoms with van der Waals surface area (Å²) in [7, 11) is 1.76. The van der Waals surface area contributed by atoms with Crippen molar-refractivity contribution in [2.75, 3.05) is 6.26 Å². The van der Waals surface area contributed by atoms with Crippen LogP contribution in [0.15, 0.2) is 33.1 Å². The Morgan fingerprint density at radius 2 is 2.00 bits per heavy atom. The molecule has 0 amide bonds. The molecule has 0 atom stereocenters. The molecule has 0 aliphatic heterocycles. The lowest BCUT2D eigenvalue weighted by molar-refractivity contribution is 0.776. The Balaban J connectivity index is 2.47. The molecule has 3 rings (SSSR count). The van der Waals surface area contributed by atoms with E-state index in [1.807, 2.05) is 0 Å². The molecule has 0 spiro atoms. The number of nitrogens with zero attached hydrogens (tertiary/aromatic N) is 4. The van der Waals surface area contributed by atoms with Crippen molar-refractivity contribution in [1.82, 2.24) is 24.3 Å². The quantitative estimate of drug-likeness (QED) is 0.709. The van der Waals surface area contributed by atoms with E-state index in [1.165, 1.54) is 18.0 Å². The van der Waals surface area contributed by atoms with Crippen LogP contribution in [-0.4, -0.2) is 30.6 Å². The molecule has 8 heteroatoms. The molecule has 0 bridgehead atoms. The molecule has 0 saturated heterocycles. The minimum Gasteiger partial charge on any atom is -0.310 e. The first-order valence-electron chi connectivity index (χ1n) is 6.20. The normalized spacial score (nSPS) is 11.2. The van der Waals surface area contributed by atoms with E-state index in [1.54, 1.807) is 37.3 Å². The molecule has 3 heterocycles. The predicted octanol–water partition coefficient (Wildman–Crippen LogP) is 0.838. The fourth-order valence-corrected chi connectivity index (χ4v) is 2.99. The van der Waals surface area contributed by atoms with E-state index in [2.05, 4.69) is 15.1 Å². The standard InChI is InChI=1S/C13H13N5O2S/c1-7-11(21-3)12(19)18(13(20)16-7)9-6-14-4-8-5-15-17(2)10(8)9/h4-6H,1-3H3,(H,16,20). The molecule has 21 heavy (non-hydrogen) atoms. The third-order valence-electron chi connectivity index (χ3n) is 3.30. The van der Waals surface area contributed by atoms with Crippen LogP contribution in [0.2, 0.25) is 0 Å². The van der Waals surface area contributed by atoms with Gasteiger partial charge in [0.25, 0.3) is 5.56 Å². The first-order valence-corrected chi connectivity index (χ1v) is 7.43. The van der Waals surface area contributed by atoms with Gasteiger partial charge in [0.05, 0.1) is 28.5 Å². The van der Waals surface area contributed by atoms with Gasteiger partial charge < -0.3 is 4.98 Å². The van der Waals surface area contributed by atoms with Crippen molar-refractivity contribution < 1.29 is 0 Å². The van der Waals surface area contributed by atoms with Crippen molar-refractivity contribution in [1.29, 1.82) is 0 Å². The van der Waals surface area contributed by atoms with Crippen LogP contribution in [0.3, 0.4) is 0 Å². The lowest BCUT2D eigenvalue weighted by Gasteiger charge is -2.09. The van der Waals surface area contributed by atoms with Crippen LogP contribution in [0.4, 0.5) is 0 Å². The van der Waals surface area contributed by atoms with Crippen LogP contribution in [0.25, 0.3) is 16.6 Å². The number of fused-ring (bicyclic) bond motifs is 1. The third-order valence-corrected chi connectivity index (χ3v) is 4.19. The summed E-state index contributed by atoms with van der Waals surface area (Å²) >= 11 is 1.30. The zero-order valence-corrected chi connectivity index (χ0v) is 12.6. The summed E-state index contributed by atoms with van der Waals surface area (Å²) < 4.78 is 2.73. The van der Waals surface area contributed by atoms with E-state index in [-0.39, 0.29) is 5.56 Å². The van der Waals surface area contributed by atoms with Crippen molar-refractivity contribution >= 4 is 22.7 Å². The van der Waals surface area contributed by atoms with Crippen LogP contribution >= 0.6 is 11.8 Å². The van der Waals surface area contributed by atoms with Crippen molar-refractivity contribution in [2.24, 2.45) is 7.05 Å². The minimum atomic E-state index is -0.481. The molecule has 0 radical (unpaired) electrons. The number of hydrogen-bond donors (Lipinski definition) is 1. The summed E-state index contributed by atoms with van der Waals surface area (Å²) in [6.45, 7) is 1.71. The number of hydrogen-bond acceptors (Lipinski definition) is 5. The van der Waals surface area contributed by atoms with Gasteiger partial charge in [-0.2, -0.15) is 5.10 Å². The van der Waals surface area contributed by atoms with E-state index < -0.39 is 5.69 Å². The zero-order valence-electron chi connectivity index (χ0n) is 11.7. The summed E-state index contributed by atoms with van der Waals surface area (Å²) in [5.74, 6) is 0. The summed E-state index contributed by atoms with van der Waals surface area (Å²) in [6.07, 6.45) is 6.60. The lowest BCUT2D eigenvalue weighted by atomic mass is 10.3. The van der Waals surface area contributed by atoms with Crippen LogP contribution in [0.5, 0.6) is 0 Å². The van der Waals surface area contributed by atoms with E-state index in [9.17, 15) is 9.59 Å². The van der Waals surface area contributed by atoms with E-state index >= 15 is 0 Å². The Kier molecular flexibility index (Phi) is 3.17. The zero-order chi connectivity index (χ0) is 15.1. The molecule has 0 aromatic carbocycles. The fraction of sp³-hybridized carbons (Fsp3) is 0.231. The second-order valence-corrected chi connectivity index (χ2v) is 5.41. The summed E-state index contributed by atoms with van der Waals surface area (Å²) in [4.78, 5) is 32.1. The highest BCUT2D eigenvalue weighted by molar-refractivity contribution is 7.98. The van der Waals surface area contributed by atoms with Crippen molar-refractivity contribution in [3.63, 3.8) is 0 Å². The molecule has 0 unspecified atom stereocenters. The van der Waals surface area contributed by atoms with E-state index in [0.29, 0.717) is 21.8 Å². The first kappa shape index (κ1) is 13.6. The number of aryl methyl sites for hydroxylation is 2. The van der Waals surface area contributed by atoms with Gasteiger partial charge in [0.15, 0.2) is 0 Å². The lowest BCUT2D eigenvalue weighted by Crippen LogP contribution is -2.35. The van der Waals surface area contributed by atoms with Gasteiger partial charge in [0.1, 0.15) is 0 Å². The first-order chi connectivity index (χ1) is 10.0. The number of nitrogens with one attached hydrogen (secondary N) is 1. The number of H-pyrrole nitrogens is 1. The molecule has 0 aliphatic rings. The molecule has 0 saturated carbocycles. The van der Waals surface area contributed by atoms with Crippen molar-refractivity contribution in [2.45, 2.75) is 11.8 Å². The molecular weight excluding hydrogens is 290 g/mol. The van der Waals surface area contributed by atoms with Crippen LogP contribution < -0.4 is 11.2 Å². The maximum Gasteiger partial charge on any atom is 0.333 e. The molecular formula is C13H13N5O2S. The van der Waals surface area contributed by atoms with Gasteiger partial charge in [-0.05, 0) is 13.2 Å². The van der Waals surface area contributed by atoms with Crippen LogP contribution in [-0.2, 0) is 7.05 Å². The average Bonchev–Trinajstić information content (AvgIpc) is 2.81. The van der Waals surface area contributed by atoms with Crippen molar-refractivity contribution in [3.05, 3.63) is 45.1 Å². The second-order valence-electron chi connectivity index (χ2n) is 4.59. The van der Waals surface area contributed by atoms with E-state index in [0.717, 1.165) is 9.95 Å². The van der Waals surface area contributed by atoms with Gasteiger partial charge in [-0.1, -0.05) is 0 Å². The molecule has 1 N–H and O–H groups in total. The van der Waals surface area contributed by atoms with Crippen LogP contribution in [0.1, 0.15) is 5.69 Å². The summed E-state index contributed by atoms with van der Waals surface area (Å²) in [5, 5.41) is 4.92. The second kappa shape index (κ2) is 4.88. The van der Waals surface area contributed by atoms with E-state index in [4.69, 9.17) is 0 Å². The maximum atomic E-state index is 12.6. The summed E-state index contributed by atoms with van der Waals surface area (Å²) in [6, 6.07) is 0. The average molecular weight is 303 g/mol. The summed E-state index contributed by atoms with van der Waals surface area (Å²) in [5.41, 5.74) is 0.853. The third kappa shape index (κ3) is 1.99. The highest BCUT2D eigenvalue weighted by Crippen LogP contribution is 2.19. The van der Waals surface area contributed by atoms with Gasteiger partial charge in [-0.3, -0.25) is 14.5 Å². The van der Waals surface area contributed by atoms with Crippen molar-refractivity contribution in [3.8, 4) is 5.69 Å². The van der Waals surface area contributed by atoms with Gasteiger partial charge in [-0.15, -0.1) is 11.8 Å². The Morgan fingerprint density at radius 3 is 2.71 bits per heavy atom. The number of aromatic amines is 1. The minimum absolute atomic E-state index is 0.348. The highest BCUT2D eigenvalue weighted by atomic mass is 32.2. The molecule has 7 nitrogen and oxygen atoms in total. The van der Waals surface area contributed by atoms with Gasteiger partial charge in [-0.25, -0.2) is 9.36 Å². The fourth-order valence-electron chi connectivity index (χ4n) is 2.36. The highest BCUT2D eigenvalue weighted by Gasteiger charge is 2.16. The van der Waals surface area contributed by atoms with Gasteiger partial charge >= 0.3 is 5.69 Å². The molecule has 3 aromatic rings.